The molecule has 0 radical (unpaired) electrons. The van der Waals surface area contributed by atoms with Crippen LogP contribution in [-0.4, -0.2) is 13.4 Å². The summed E-state index contributed by atoms with van der Waals surface area (Å²) in [6.07, 6.45) is 1.63. The second kappa shape index (κ2) is 6.65. The SMILES string of the molecule is CC(NS(=O)(=O)c1ccc(CN)cc1Br)c1ccccn1. The van der Waals surface area contributed by atoms with E-state index in [0.29, 0.717) is 16.7 Å². The van der Waals surface area contributed by atoms with Gasteiger partial charge in [-0.25, -0.2) is 13.1 Å². The lowest BCUT2D eigenvalue weighted by Crippen LogP contribution is -2.27. The van der Waals surface area contributed by atoms with Crippen LogP contribution in [0.2, 0.25) is 0 Å². The first-order chi connectivity index (χ1) is 9.94. The molecule has 0 aliphatic heterocycles. The lowest BCUT2D eigenvalue weighted by Gasteiger charge is -2.15. The van der Waals surface area contributed by atoms with E-state index in [1.54, 1.807) is 43.5 Å². The number of nitrogens with two attached hydrogens (primary N) is 1. The van der Waals surface area contributed by atoms with Gasteiger partial charge in [-0.1, -0.05) is 12.1 Å². The van der Waals surface area contributed by atoms with Gasteiger partial charge in [-0.05, 0) is 52.7 Å². The van der Waals surface area contributed by atoms with Crippen LogP contribution in [0.3, 0.4) is 0 Å². The Hall–Kier alpha value is -1.28. The van der Waals surface area contributed by atoms with Crippen molar-refractivity contribution in [2.75, 3.05) is 0 Å². The zero-order valence-corrected chi connectivity index (χ0v) is 13.9. The van der Waals surface area contributed by atoms with Crippen molar-refractivity contribution in [1.29, 1.82) is 0 Å². The van der Waals surface area contributed by atoms with Crippen LogP contribution in [0.1, 0.15) is 24.2 Å². The van der Waals surface area contributed by atoms with E-state index < -0.39 is 16.1 Å². The lowest BCUT2D eigenvalue weighted by atomic mass is 10.2. The number of halogens is 1. The molecule has 21 heavy (non-hydrogen) atoms. The number of nitrogens with one attached hydrogen (secondary N) is 1. The van der Waals surface area contributed by atoms with Gasteiger partial charge in [0.05, 0.1) is 16.6 Å². The Morgan fingerprint density at radius 2 is 2.10 bits per heavy atom. The van der Waals surface area contributed by atoms with Crippen LogP contribution < -0.4 is 10.5 Å². The average Bonchev–Trinajstić information content (AvgIpc) is 2.47. The summed E-state index contributed by atoms with van der Waals surface area (Å²) < 4.78 is 28.0. The number of hydrogen-bond acceptors (Lipinski definition) is 4. The maximum atomic E-state index is 12.4. The average molecular weight is 370 g/mol. The first-order valence-corrected chi connectivity index (χ1v) is 8.63. The quantitative estimate of drug-likeness (QED) is 0.846. The Morgan fingerprint density at radius 3 is 2.67 bits per heavy atom. The van der Waals surface area contributed by atoms with Gasteiger partial charge in [-0.3, -0.25) is 4.98 Å². The molecular formula is C14H16BrN3O2S. The van der Waals surface area contributed by atoms with Crippen molar-refractivity contribution in [3.05, 3.63) is 58.3 Å². The molecule has 0 aliphatic rings. The molecule has 2 aromatic rings. The smallest absolute Gasteiger partial charge is 0.242 e. The van der Waals surface area contributed by atoms with E-state index in [1.165, 1.54) is 0 Å². The van der Waals surface area contributed by atoms with E-state index in [4.69, 9.17) is 5.73 Å². The minimum atomic E-state index is -3.64. The molecule has 1 atom stereocenters. The van der Waals surface area contributed by atoms with Crippen molar-refractivity contribution < 1.29 is 8.42 Å². The summed E-state index contributed by atoms with van der Waals surface area (Å²) in [6.45, 7) is 2.11. The Morgan fingerprint density at radius 1 is 1.33 bits per heavy atom. The fourth-order valence-corrected chi connectivity index (χ4v) is 4.22. The van der Waals surface area contributed by atoms with Crippen molar-refractivity contribution in [3.8, 4) is 0 Å². The Bertz CT molecular complexity index is 720. The molecule has 2 rings (SSSR count). The predicted molar refractivity (Wildman–Crippen MR) is 85.0 cm³/mol. The largest absolute Gasteiger partial charge is 0.326 e. The van der Waals surface area contributed by atoms with E-state index in [2.05, 4.69) is 25.6 Å². The van der Waals surface area contributed by atoms with Crippen molar-refractivity contribution in [2.45, 2.75) is 24.4 Å². The number of nitrogens with zero attached hydrogens (tertiary/aromatic N) is 1. The van der Waals surface area contributed by atoms with Gasteiger partial charge < -0.3 is 5.73 Å². The van der Waals surface area contributed by atoms with Crippen molar-refractivity contribution in [1.82, 2.24) is 9.71 Å². The van der Waals surface area contributed by atoms with Gasteiger partial charge in [0, 0.05) is 17.2 Å². The maximum Gasteiger partial charge on any atom is 0.242 e. The molecule has 0 fully saturated rings. The number of sulfonamides is 1. The van der Waals surface area contributed by atoms with Crippen LogP contribution >= 0.6 is 15.9 Å². The summed E-state index contributed by atoms with van der Waals surface area (Å²) in [6, 6.07) is 9.91. The number of benzene rings is 1. The molecule has 0 spiro atoms. The summed E-state index contributed by atoms with van der Waals surface area (Å²) in [5.74, 6) is 0. The molecule has 1 heterocycles. The Kier molecular flexibility index (Phi) is 5.10. The van der Waals surface area contributed by atoms with Crippen LogP contribution in [0, 0.1) is 0 Å². The van der Waals surface area contributed by atoms with Crippen molar-refractivity contribution >= 4 is 26.0 Å². The van der Waals surface area contributed by atoms with Gasteiger partial charge in [0.15, 0.2) is 0 Å². The third kappa shape index (κ3) is 3.88. The third-order valence-corrected chi connectivity index (χ3v) is 5.50. The summed E-state index contributed by atoms with van der Waals surface area (Å²) in [5, 5.41) is 0. The molecule has 1 aromatic heterocycles. The Labute approximate surface area is 132 Å². The fourth-order valence-electron chi connectivity index (χ4n) is 1.88. The van der Waals surface area contributed by atoms with E-state index in [0.717, 1.165) is 5.56 Å². The van der Waals surface area contributed by atoms with E-state index in [1.807, 2.05) is 6.07 Å². The molecule has 7 heteroatoms. The number of hydrogen-bond donors (Lipinski definition) is 2. The number of aromatic nitrogens is 1. The minimum Gasteiger partial charge on any atom is -0.326 e. The van der Waals surface area contributed by atoms with Crippen LogP contribution in [0.25, 0.3) is 0 Å². The summed E-state index contributed by atoms with van der Waals surface area (Å²) in [4.78, 5) is 4.33. The van der Waals surface area contributed by atoms with Gasteiger partial charge in [-0.15, -0.1) is 0 Å². The van der Waals surface area contributed by atoms with Crippen molar-refractivity contribution in [2.24, 2.45) is 5.73 Å². The minimum absolute atomic E-state index is 0.183. The highest BCUT2D eigenvalue weighted by molar-refractivity contribution is 9.10. The highest BCUT2D eigenvalue weighted by Crippen LogP contribution is 2.24. The number of pyridine rings is 1. The molecule has 5 nitrogen and oxygen atoms in total. The van der Waals surface area contributed by atoms with Gasteiger partial charge >= 0.3 is 0 Å². The zero-order chi connectivity index (χ0) is 15.5. The lowest BCUT2D eigenvalue weighted by molar-refractivity contribution is 0.563. The molecule has 0 bridgehead atoms. The predicted octanol–water partition coefficient (Wildman–Crippen LogP) is 2.34. The Balaban J connectivity index is 2.26. The standard InChI is InChI=1S/C14H16BrN3O2S/c1-10(13-4-2-3-7-17-13)18-21(19,20)14-6-5-11(9-16)8-12(14)15/h2-8,10,18H,9,16H2,1H3. The molecule has 0 saturated carbocycles. The van der Waals surface area contributed by atoms with Crippen LogP contribution in [0.4, 0.5) is 0 Å². The summed E-state index contributed by atoms with van der Waals surface area (Å²) in [7, 11) is -3.64. The van der Waals surface area contributed by atoms with E-state index >= 15 is 0 Å². The highest BCUT2D eigenvalue weighted by Gasteiger charge is 2.21. The van der Waals surface area contributed by atoms with Gasteiger partial charge in [0.2, 0.25) is 10.0 Å². The first-order valence-electron chi connectivity index (χ1n) is 6.36. The second-order valence-corrected chi connectivity index (χ2v) is 7.10. The second-order valence-electron chi connectivity index (χ2n) is 4.57. The topological polar surface area (TPSA) is 85.1 Å². The zero-order valence-electron chi connectivity index (χ0n) is 11.5. The molecular weight excluding hydrogens is 354 g/mol. The van der Waals surface area contributed by atoms with Crippen molar-refractivity contribution in [3.63, 3.8) is 0 Å². The van der Waals surface area contributed by atoms with Crippen LogP contribution in [-0.2, 0) is 16.6 Å². The summed E-state index contributed by atoms with van der Waals surface area (Å²) in [5.41, 5.74) is 7.06. The molecule has 1 aromatic carbocycles. The molecule has 0 aliphatic carbocycles. The van der Waals surface area contributed by atoms with Gasteiger partial charge in [0.25, 0.3) is 0 Å². The summed E-state index contributed by atoms with van der Waals surface area (Å²) >= 11 is 3.28. The van der Waals surface area contributed by atoms with Gasteiger partial charge in [0.1, 0.15) is 0 Å². The van der Waals surface area contributed by atoms with Gasteiger partial charge in [-0.2, -0.15) is 0 Å². The first kappa shape index (κ1) is 16.1. The van der Waals surface area contributed by atoms with E-state index in [-0.39, 0.29) is 4.90 Å². The molecule has 0 saturated heterocycles. The van der Waals surface area contributed by atoms with Crippen LogP contribution in [0.15, 0.2) is 52.0 Å². The monoisotopic (exact) mass is 369 g/mol. The molecule has 1 unspecified atom stereocenters. The highest BCUT2D eigenvalue weighted by atomic mass is 79.9. The third-order valence-electron chi connectivity index (χ3n) is 2.98. The van der Waals surface area contributed by atoms with Crippen LogP contribution in [0.5, 0.6) is 0 Å². The molecule has 3 N–H and O–H groups in total. The maximum absolute atomic E-state index is 12.4. The van der Waals surface area contributed by atoms with E-state index in [9.17, 15) is 8.42 Å². The molecule has 0 amide bonds. The normalized spacial score (nSPS) is 13.1. The molecule has 112 valence electrons. The number of rotatable bonds is 5. The fraction of sp³-hybridized carbons (Fsp3) is 0.214.